The smallest absolute Gasteiger partial charge is 0.154 e. The molecule has 0 aliphatic heterocycles. The van der Waals surface area contributed by atoms with Gasteiger partial charge in [-0.1, -0.05) is 11.6 Å². The first-order valence-corrected chi connectivity index (χ1v) is 10.4. The molecule has 0 bridgehead atoms. The zero-order chi connectivity index (χ0) is 22.9. The van der Waals surface area contributed by atoms with Crippen molar-refractivity contribution < 1.29 is 4.74 Å². The summed E-state index contributed by atoms with van der Waals surface area (Å²) in [5, 5.41) is 17.4. The van der Waals surface area contributed by atoms with Crippen molar-refractivity contribution in [2.24, 2.45) is 5.41 Å². The largest absolute Gasteiger partial charge is 0.490 e. The Morgan fingerprint density at radius 3 is 2.72 bits per heavy atom. The lowest BCUT2D eigenvalue weighted by Crippen LogP contribution is -2.19. The predicted octanol–water partition coefficient (Wildman–Crippen LogP) is 5.13. The van der Waals surface area contributed by atoms with E-state index < -0.39 is 5.41 Å². The highest BCUT2D eigenvalue weighted by atomic mass is 35.5. The number of anilines is 2. The molecule has 0 spiro atoms. The van der Waals surface area contributed by atoms with E-state index in [-0.39, 0.29) is 6.61 Å². The number of nitrogens with one attached hydrogen (secondary N) is 1. The number of nitrogens with zero attached hydrogens (tertiary/aromatic N) is 6. The minimum absolute atomic E-state index is 0.237. The van der Waals surface area contributed by atoms with Crippen LogP contribution in [-0.4, -0.2) is 31.2 Å². The molecule has 0 aliphatic rings. The van der Waals surface area contributed by atoms with Crippen LogP contribution in [0, 0.1) is 30.6 Å². The number of fused-ring (bicyclic) bond motifs is 1. The second-order valence-corrected chi connectivity index (χ2v) is 8.56. The molecular formula is C23H22ClN7O. The van der Waals surface area contributed by atoms with E-state index in [9.17, 15) is 5.26 Å². The molecule has 0 amide bonds. The van der Waals surface area contributed by atoms with Crippen LogP contribution in [0.3, 0.4) is 0 Å². The van der Waals surface area contributed by atoms with Crippen molar-refractivity contribution in [1.82, 2.24) is 24.6 Å². The molecule has 4 rings (SSSR count). The molecule has 4 aromatic heterocycles. The molecule has 0 unspecified atom stereocenters. The standard InChI is InChI=1S/C23H22ClN7O/c1-14-7-21(28-15(2)27-14)29-22-9-17-8-16(5-6-31(17)30-22)18-10-20(24)26-11-19(18)32-13-23(3,4)12-25/h5-11H,13H2,1-4H3,(H,27,28,29,30). The fraction of sp³-hybridized carbons (Fsp3) is 0.261. The van der Waals surface area contributed by atoms with E-state index >= 15 is 0 Å². The van der Waals surface area contributed by atoms with Crippen molar-refractivity contribution in [3.05, 3.63) is 59.4 Å². The van der Waals surface area contributed by atoms with Crippen molar-refractivity contribution in [3.8, 4) is 22.9 Å². The van der Waals surface area contributed by atoms with E-state index in [0.29, 0.717) is 28.4 Å². The zero-order valence-corrected chi connectivity index (χ0v) is 19.0. The number of nitriles is 1. The van der Waals surface area contributed by atoms with Gasteiger partial charge in [0.05, 0.1) is 23.2 Å². The topological polar surface area (TPSA) is 101 Å². The van der Waals surface area contributed by atoms with Gasteiger partial charge in [0.15, 0.2) is 5.82 Å². The minimum atomic E-state index is -0.620. The van der Waals surface area contributed by atoms with Crippen molar-refractivity contribution in [2.45, 2.75) is 27.7 Å². The van der Waals surface area contributed by atoms with E-state index in [0.717, 1.165) is 22.3 Å². The molecule has 0 aliphatic carbocycles. The maximum atomic E-state index is 9.27. The van der Waals surface area contributed by atoms with E-state index in [1.54, 1.807) is 16.8 Å². The van der Waals surface area contributed by atoms with Crippen molar-refractivity contribution in [1.29, 1.82) is 5.26 Å². The molecule has 9 heteroatoms. The van der Waals surface area contributed by atoms with Crippen LogP contribution in [-0.2, 0) is 0 Å². The first-order valence-electron chi connectivity index (χ1n) is 10.0. The van der Waals surface area contributed by atoms with Crippen LogP contribution in [0.25, 0.3) is 16.6 Å². The average molecular weight is 448 g/mol. The second kappa shape index (κ2) is 8.44. The number of pyridine rings is 2. The quantitative estimate of drug-likeness (QED) is 0.409. The van der Waals surface area contributed by atoms with Gasteiger partial charge in [0.1, 0.15) is 29.2 Å². The third kappa shape index (κ3) is 4.79. The Morgan fingerprint density at radius 1 is 1.16 bits per heavy atom. The Bertz CT molecular complexity index is 1320. The van der Waals surface area contributed by atoms with Crippen molar-refractivity contribution in [2.75, 3.05) is 11.9 Å². The van der Waals surface area contributed by atoms with Crippen molar-refractivity contribution in [3.63, 3.8) is 0 Å². The molecule has 0 atom stereocenters. The van der Waals surface area contributed by atoms with E-state index in [2.05, 4.69) is 31.4 Å². The lowest BCUT2D eigenvalue weighted by molar-refractivity contribution is 0.227. The molecule has 0 aromatic carbocycles. The molecule has 0 fully saturated rings. The number of hydrogen-bond donors (Lipinski definition) is 1. The zero-order valence-electron chi connectivity index (χ0n) is 18.2. The summed E-state index contributed by atoms with van der Waals surface area (Å²) in [7, 11) is 0. The number of halogens is 1. The van der Waals surface area contributed by atoms with Gasteiger partial charge >= 0.3 is 0 Å². The lowest BCUT2D eigenvalue weighted by Gasteiger charge is -2.18. The van der Waals surface area contributed by atoms with E-state index in [4.69, 9.17) is 16.3 Å². The van der Waals surface area contributed by atoms with Gasteiger partial charge in [0, 0.05) is 29.6 Å². The van der Waals surface area contributed by atoms with Gasteiger partial charge < -0.3 is 10.1 Å². The number of rotatable bonds is 6. The van der Waals surface area contributed by atoms with Gasteiger partial charge in [-0.2, -0.15) is 10.4 Å². The van der Waals surface area contributed by atoms with Crippen LogP contribution in [0.5, 0.6) is 5.75 Å². The molecule has 4 heterocycles. The van der Waals surface area contributed by atoms with Gasteiger partial charge in [0.25, 0.3) is 0 Å². The SMILES string of the molecule is Cc1cc(Nc2cc3cc(-c4cc(Cl)ncc4OCC(C)(C)C#N)ccn3n2)nc(C)n1. The molecule has 162 valence electrons. The Kier molecular flexibility index (Phi) is 5.68. The number of aryl methyl sites for hydroxylation is 2. The summed E-state index contributed by atoms with van der Waals surface area (Å²) in [6.07, 6.45) is 3.45. The molecule has 4 aromatic rings. The third-order valence-electron chi connectivity index (χ3n) is 4.72. The van der Waals surface area contributed by atoms with Gasteiger partial charge in [-0.15, -0.1) is 0 Å². The lowest BCUT2D eigenvalue weighted by atomic mass is 9.97. The van der Waals surface area contributed by atoms with Crippen LogP contribution < -0.4 is 10.1 Å². The molecule has 0 saturated carbocycles. The Morgan fingerprint density at radius 2 is 1.97 bits per heavy atom. The summed E-state index contributed by atoms with van der Waals surface area (Å²) in [4.78, 5) is 12.8. The van der Waals surface area contributed by atoms with Gasteiger partial charge in [0.2, 0.25) is 0 Å². The molecule has 0 saturated heterocycles. The van der Waals surface area contributed by atoms with Gasteiger partial charge in [-0.05, 0) is 51.5 Å². The van der Waals surface area contributed by atoms with Crippen LogP contribution >= 0.6 is 11.6 Å². The summed E-state index contributed by atoms with van der Waals surface area (Å²) in [5.41, 5.74) is 2.83. The summed E-state index contributed by atoms with van der Waals surface area (Å²) < 4.78 is 7.70. The Balaban J connectivity index is 1.66. The van der Waals surface area contributed by atoms with Gasteiger partial charge in [-0.3, -0.25) is 0 Å². The molecular weight excluding hydrogens is 426 g/mol. The summed E-state index contributed by atoms with van der Waals surface area (Å²) in [5.74, 6) is 2.61. The first-order chi connectivity index (χ1) is 15.2. The minimum Gasteiger partial charge on any atom is -0.490 e. The highest BCUT2D eigenvalue weighted by molar-refractivity contribution is 6.29. The Labute approximate surface area is 190 Å². The highest BCUT2D eigenvalue weighted by Crippen LogP contribution is 2.33. The molecule has 1 N–H and O–H groups in total. The van der Waals surface area contributed by atoms with Crippen LogP contribution in [0.4, 0.5) is 11.6 Å². The molecule has 32 heavy (non-hydrogen) atoms. The van der Waals surface area contributed by atoms with Gasteiger partial charge in [-0.25, -0.2) is 19.5 Å². The fourth-order valence-corrected chi connectivity index (χ4v) is 3.34. The van der Waals surface area contributed by atoms with Crippen LogP contribution in [0.2, 0.25) is 5.15 Å². The monoisotopic (exact) mass is 447 g/mol. The first kappa shape index (κ1) is 21.5. The van der Waals surface area contributed by atoms with E-state index in [1.165, 1.54) is 0 Å². The maximum absolute atomic E-state index is 9.27. The fourth-order valence-electron chi connectivity index (χ4n) is 3.18. The predicted molar refractivity (Wildman–Crippen MR) is 123 cm³/mol. The third-order valence-corrected chi connectivity index (χ3v) is 4.93. The van der Waals surface area contributed by atoms with E-state index in [1.807, 2.05) is 58.2 Å². The number of hydrogen-bond acceptors (Lipinski definition) is 7. The summed E-state index contributed by atoms with van der Waals surface area (Å²) in [6, 6.07) is 11.7. The number of aromatic nitrogens is 5. The molecule has 8 nitrogen and oxygen atoms in total. The van der Waals surface area contributed by atoms with Crippen LogP contribution in [0.1, 0.15) is 25.4 Å². The Hall–Kier alpha value is -3.70. The highest BCUT2D eigenvalue weighted by Gasteiger charge is 2.19. The molecule has 0 radical (unpaired) electrons. The maximum Gasteiger partial charge on any atom is 0.154 e. The summed E-state index contributed by atoms with van der Waals surface area (Å²) >= 11 is 6.16. The second-order valence-electron chi connectivity index (χ2n) is 8.17. The summed E-state index contributed by atoms with van der Waals surface area (Å²) in [6.45, 7) is 7.66. The number of ether oxygens (including phenoxy) is 1. The average Bonchev–Trinajstić information content (AvgIpc) is 3.13. The van der Waals surface area contributed by atoms with Crippen molar-refractivity contribution >= 4 is 28.8 Å². The normalized spacial score (nSPS) is 11.4. The van der Waals surface area contributed by atoms with Crippen LogP contribution in [0.15, 0.2) is 42.7 Å².